The van der Waals surface area contributed by atoms with E-state index >= 15 is 0 Å². The fourth-order valence-electron chi connectivity index (χ4n) is 2.91. The number of thiazole rings is 1. The molecule has 1 aromatic carbocycles. The molecule has 27 heavy (non-hydrogen) atoms. The van der Waals surface area contributed by atoms with Crippen LogP contribution in [-0.4, -0.2) is 31.1 Å². The quantitative estimate of drug-likeness (QED) is 0.483. The third-order valence-electron chi connectivity index (χ3n) is 4.20. The minimum absolute atomic E-state index is 0.537. The van der Waals surface area contributed by atoms with Gasteiger partial charge in [-0.05, 0) is 19.1 Å². The van der Waals surface area contributed by atoms with Gasteiger partial charge in [0.1, 0.15) is 17.3 Å². The van der Waals surface area contributed by atoms with Crippen molar-refractivity contribution in [3.8, 4) is 16.5 Å². The van der Waals surface area contributed by atoms with Gasteiger partial charge in [0.25, 0.3) is 0 Å². The lowest BCUT2D eigenvalue weighted by atomic mass is 10.2. The predicted molar refractivity (Wildman–Crippen MR) is 107 cm³/mol. The van der Waals surface area contributed by atoms with Gasteiger partial charge in [-0.25, -0.2) is 9.97 Å². The average Bonchev–Trinajstić information content (AvgIpc) is 3.31. The summed E-state index contributed by atoms with van der Waals surface area (Å²) in [5, 5.41) is 1.43. The van der Waals surface area contributed by atoms with Gasteiger partial charge in [-0.1, -0.05) is 17.7 Å². The third-order valence-corrected chi connectivity index (χ3v) is 5.30. The first-order chi connectivity index (χ1) is 13.2. The fraction of sp³-hybridized carbons (Fsp3) is 0.263. The summed E-state index contributed by atoms with van der Waals surface area (Å²) in [5.41, 5.74) is 3.47. The van der Waals surface area contributed by atoms with Crippen molar-refractivity contribution in [2.75, 3.05) is 6.61 Å². The Labute approximate surface area is 165 Å². The smallest absolute Gasteiger partial charge is 0.224 e. The van der Waals surface area contributed by atoms with Gasteiger partial charge in [-0.2, -0.15) is 4.98 Å². The van der Waals surface area contributed by atoms with Gasteiger partial charge in [0.05, 0.1) is 32.9 Å². The van der Waals surface area contributed by atoms with Gasteiger partial charge in [-0.15, -0.1) is 11.3 Å². The van der Waals surface area contributed by atoms with Crippen LogP contribution < -0.4 is 4.74 Å². The molecule has 0 spiro atoms. The highest BCUT2D eigenvalue weighted by Crippen LogP contribution is 2.28. The number of ether oxygens (including phenoxy) is 1. The first kappa shape index (κ1) is 17.9. The van der Waals surface area contributed by atoms with Gasteiger partial charge in [0, 0.05) is 32.3 Å². The van der Waals surface area contributed by atoms with Crippen LogP contribution in [0.1, 0.15) is 18.6 Å². The Morgan fingerprint density at radius 1 is 1.19 bits per heavy atom. The minimum Gasteiger partial charge on any atom is -0.477 e. The summed E-state index contributed by atoms with van der Waals surface area (Å²) in [6.07, 6.45) is 5.22. The predicted octanol–water partition coefficient (Wildman–Crippen LogP) is 4.32. The fourth-order valence-corrected chi connectivity index (χ4v) is 3.71. The van der Waals surface area contributed by atoms with Crippen LogP contribution in [-0.2, 0) is 19.9 Å². The van der Waals surface area contributed by atoms with Crippen molar-refractivity contribution in [3.63, 3.8) is 0 Å². The molecule has 0 saturated carbocycles. The molecule has 3 heterocycles. The van der Waals surface area contributed by atoms with Gasteiger partial charge in [0.15, 0.2) is 0 Å². The topological polar surface area (TPSA) is 65.7 Å². The second kappa shape index (κ2) is 7.62. The molecular weight excluding hydrogens is 382 g/mol. The van der Waals surface area contributed by atoms with Crippen molar-refractivity contribution in [2.45, 2.75) is 19.8 Å². The molecular formula is C19H18ClN5OS. The summed E-state index contributed by atoms with van der Waals surface area (Å²) in [6, 6.07) is 5.64. The summed E-state index contributed by atoms with van der Waals surface area (Å²) in [5.74, 6) is 2.24. The van der Waals surface area contributed by atoms with Crippen LogP contribution in [0.3, 0.4) is 0 Å². The van der Waals surface area contributed by atoms with Gasteiger partial charge in [-0.3, -0.25) is 4.98 Å². The molecule has 0 N–H and O–H groups in total. The average molecular weight is 400 g/mol. The van der Waals surface area contributed by atoms with E-state index in [2.05, 4.69) is 15.0 Å². The van der Waals surface area contributed by atoms with Gasteiger partial charge < -0.3 is 9.30 Å². The van der Waals surface area contributed by atoms with Crippen molar-refractivity contribution in [1.29, 1.82) is 0 Å². The Kier molecular flexibility index (Phi) is 5.05. The highest BCUT2D eigenvalue weighted by molar-refractivity contribution is 7.13. The van der Waals surface area contributed by atoms with Crippen LogP contribution in [0, 0.1) is 0 Å². The second-order valence-corrected chi connectivity index (χ2v) is 7.33. The molecule has 0 unspecified atom stereocenters. The number of rotatable bonds is 6. The molecule has 0 aliphatic rings. The molecule has 3 aromatic heterocycles. The van der Waals surface area contributed by atoms with Crippen molar-refractivity contribution in [3.05, 3.63) is 52.8 Å². The number of imidazole rings is 1. The number of hydrogen-bond acceptors (Lipinski definition) is 6. The summed E-state index contributed by atoms with van der Waals surface area (Å²) in [7, 11) is 2.00. The number of halogens is 1. The van der Waals surface area contributed by atoms with Crippen molar-refractivity contribution >= 4 is 33.8 Å². The number of aromatic nitrogens is 5. The zero-order chi connectivity index (χ0) is 18.8. The normalized spacial score (nSPS) is 11.2. The largest absolute Gasteiger partial charge is 0.477 e. The molecule has 0 aliphatic heterocycles. The Morgan fingerprint density at radius 2 is 2.07 bits per heavy atom. The van der Waals surface area contributed by atoms with Crippen LogP contribution in [0.4, 0.5) is 0 Å². The lowest BCUT2D eigenvalue weighted by Crippen LogP contribution is -2.05. The second-order valence-electron chi connectivity index (χ2n) is 6.03. The molecule has 0 amide bonds. The summed E-state index contributed by atoms with van der Waals surface area (Å²) >= 11 is 7.92. The van der Waals surface area contributed by atoms with Crippen LogP contribution in [0.5, 0.6) is 5.88 Å². The zero-order valence-electron chi connectivity index (χ0n) is 15.0. The van der Waals surface area contributed by atoms with E-state index in [9.17, 15) is 0 Å². The molecule has 0 atom stereocenters. The number of aryl methyl sites for hydroxylation is 3. The van der Waals surface area contributed by atoms with Gasteiger partial charge >= 0.3 is 0 Å². The molecule has 0 bridgehead atoms. The number of fused-ring (bicyclic) bond motifs is 1. The van der Waals surface area contributed by atoms with E-state index in [1.807, 2.05) is 54.6 Å². The summed E-state index contributed by atoms with van der Waals surface area (Å²) in [6.45, 7) is 2.47. The van der Waals surface area contributed by atoms with E-state index in [-0.39, 0.29) is 0 Å². The first-order valence-electron chi connectivity index (χ1n) is 8.64. The lowest BCUT2D eigenvalue weighted by Gasteiger charge is -2.09. The van der Waals surface area contributed by atoms with E-state index in [0.29, 0.717) is 29.8 Å². The third kappa shape index (κ3) is 3.65. The standard InChI is InChI=1S/C19H18ClN5OS/c1-3-26-19-12-5-4-6-13(20)18(12)23-16(24-19)7-8-17-22-14(10-25(17)2)15-9-21-11-27-15/h4-6,9-11H,3,7-8H2,1-2H3. The van der Waals surface area contributed by atoms with Crippen LogP contribution in [0.15, 0.2) is 36.1 Å². The Hall–Kier alpha value is -2.51. The minimum atomic E-state index is 0.537. The molecule has 8 heteroatoms. The number of para-hydroxylation sites is 1. The monoisotopic (exact) mass is 399 g/mol. The number of nitrogens with zero attached hydrogens (tertiary/aromatic N) is 5. The molecule has 4 rings (SSSR count). The zero-order valence-corrected chi connectivity index (χ0v) is 16.6. The molecule has 0 saturated heterocycles. The van der Waals surface area contributed by atoms with Crippen LogP contribution in [0.2, 0.25) is 5.02 Å². The molecule has 4 aromatic rings. The molecule has 6 nitrogen and oxygen atoms in total. The van der Waals surface area contributed by atoms with E-state index in [1.54, 1.807) is 11.3 Å². The number of benzene rings is 1. The van der Waals surface area contributed by atoms with E-state index in [1.165, 1.54) is 0 Å². The van der Waals surface area contributed by atoms with E-state index in [4.69, 9.17) is 21.3 Å². The summed E-state index contributed by atoms with van der Waals surface area (Å²) in [4.78, 5) is 19.2. The highest BCUT2D eigenvalue weighted by atomic mass is 35.5. The molecule has 0 aliphatic carbocycles. The molecule has 0 fully saturated rings. The Morgan fingerprint density at radius 3 is 2.85 bits per heavy atom. The maximum Gasteiger partial charge on any atom is 0.224 e. The lowest BCUT2D eigenvalue weighted by molar-refractivity contribution is 0.329. The van der Waals surface area contributed by atoms with Crippen molar-refractivity contribution in [1.82, 2.24) is 24.5 Å². The van der Waals surface area contributed by atoms with Crippen LogP contribution in [0.25, 0.3) is 21.5 Å². The highest BCUT2D eigenvalue weighted by Gasteiger charge is 2.13. The van der Waals surface area contributed by atoms with Gasteiger partial charge in [0.2, 0.25) is 5.88 Å². The van der Waals surface area contributed by atoms with E-state index < -0.39 is 0 Å². The first-order valence-corrected chi connectivity index (χ1v) is 9.90. The Bertz CT molecular complexity index is 1080. The van der Waals surface area contributed by atoms with Crippen LogP contribution >= 0.6 is 22.9 Å². The Balaban J connectivity index is 1.61. The molecule has 0 radical (unpaired) electrons. The SMILES string of the molecule is CCOc1nc(CCc2nc(-c3cncs3)cn2C)nc2c(Cl)cccc12. The van der Waals surface area contributed by atoms with E-state index in [0.717, 1.165) is 33.7 Å². The maximum atomic E-state index is 6.34. The van der Waals surface area contributed by atoms with Crippen molar-refractivity contribution < 1.29 is 4.74 Å². The maximum absolute atomic E-state index is 6.34. The summed E-state index contributed by atoms with van der Waals surface area (Å²) < 4.78 is 7.74. The number of hydrogen-bond donors (Lipinski definition) is 0. The van der Waals surface area contributed by atoms with Crippen molar-refractivity contribution in [2.24, 2.45) is 7.05 Å². The molecule has 138 valence electrons.